The van der Waals surface area contributed by atoms with Crippen molar-refractivity contribution in [2.24, 2.45) is 0 Å². The molecule has 0 aliphatic rings. The molecule has 0 spiro atoms. The second-order valence-corrected chi connectivity index (χ2v) is 22.8. The normalized spacial score (nSPS) is 11.6. The standard InChI is InChI=1S/C17H15ClFN3O3S.C17H15F2N3O3S.C17H16FN3O3S/c2*1-2-6-26(24,25)22-14-5-3-4-11(15(14)19)16(23)13-9-21-17-12(13)7-10(18)8-20-17;1-2-9-25(23,24)21-14-7-3-5-12(15(14)18)16(22)13-10-20-17-11(13)6-4-8-19-17/h2*3-5,7-9,22H,2,6H2,1H3,(H,20,21);3-8,10,21H,2,9H2,1H3,(H,19,20). The molecule has 402 valence electrons. The zero-order valence-corrected chi connectivity index (χ0v) is 44.0. The molecule has 9 rings (SSSR count). The molecule has 0 unspecified atom stereocenters. The van der Waals surface area contributed by atoms with E-state index in [0.29, 0.717) is 46.4 Å². The fourth-order valence-electron chi connectivity index (χ4n) is 7.73. The lowest BCUT2D eigenvalue weighted by atomic mass is 10.0. The number of ketones is 3. The molecule has 0 aliphatic heterocycles. The van der Waals surface area contributed by atoms with Gasteiger partial charge in [-0.2, -0.15) is 0 Å². The predicted molar refractivity (Wildman–Crippen MR) is 286 cm³/mol. The highest BCUT2D eigenvalue weighted by molar-refractivity contribution is 7.93. The van der Waals surface area contributed by atoms with Gasteiger partial charge in [0.15, 0.2) is 34.8 Å². The maximum absolute atomic E-state index is 14.8. The lowest BCUT2D eigenvalue weighted by Gasteiger charge is -2.10. The number of hydrogen-bond donors (Lipinski definition) is 6. The Balaban J connectivity index is 0.000000168. The SMILES string of the molecule is CCCS(=O)(=O)Nc1cccc(C(=O)c2c[nH]c3ncc(Cl)cc23)c1F.CCCS(=O)(=O)Nc1cccc(C(=O)c2c[nH]c3ncc(F)cc23)c1F.CCCS(=O)(=O)Nc1cccc(C(=O)c2c[nH]c3ncccc23)c1F. The summed E-state index contributed by atoms with van der Waals surface area (Å²) in [5, 5.41) is 1.58. The van der Waals surface area contributed by atoms with Gasteiger partial charge in [-0.3, -0.25) is 28.5 Å². The Hall–Kier alpha value is -8.00. The minimum absolute atomic E-state index is 0.0412. The average molecular weight is 1140 g/mol. The molecule has 0 fully saturated rings. The van der Waals surface area contributed by atoms with Crippen molar-refractivity contribution in [3.63, 3.8) is 0 Å². The van der Waals surface area contributed by atoms with E-state index in [1.807, 2.05) is 0 Å². The molecule has 6 heterocycles. The molecular weight excluding hydrogens is 1090 g/mol. The molecular formula is C51H46ClF4N9O9S3. The summed E-state index contributed by atoms with van der Waals surface area (Å²) in [5.74, 6) is -5.75. The Morgan fingerprint density at radius 1 is 0.481 bits per heavy atom. The average Bonchev–Trinajstić information content (AvgIpc) is 4.13. The molecule has 9 aromatic rings. The van der Waals surface area contributed by atoms with Crippen molar-refractivity contribution >= 4 is 109 Å². The minimum atomic E-state index is -3.71. The number of benzene rings is 3. The van der Waals surface area contributed by atoms with Crippen LogP contribution in [0.15, 0.2) is 116 Å². The second kappa shape index (κ2) is 23.9. The van der Waals surface area contributed by atoms with Crippen LogP contribution >= 0.6 is 11.6 Å². The zero-order valence-electron chi connectivity index (χ0n) is 40.8. The molecule has 3 aromatic carbocycles. The molecule has 26 heteroatoms. The summed E-state index contributed by atoms with van der Waals surface area (Å²) >= 11 is 5.92. The van der Waals surface area contributed by atoms with Gasteiger partial charge in [0.2, 0.25) is 30.1 Å². The van der Waals surface area contributed by atoms with Gasteiger partial charge in [-0.25, -0.2) is 57.8 Å². The van der Waals surface area contributed by atoms with Gasteiger partial charge in [-0.05, 0) is 79.9 Å². The summed E-state index contributed by atoms with van der Waals surface area (Å²) in [5.41, 5.74) is 0.165. The van der Waals surface area contributed by atoms with Crippen molar-refractivity contribution in [1.82, 2.24) is 29.9 Å². The lowest BCUT2D eigenvalue weighted by Crippen LogP contribution is -2.18. The third kappa shape index (κ3) is 13.3. The Kier molecular flexibility index (Phi) is 17.6. The van der Waals surface area contributed by atoms with Crippen LogP contribution in [-0.4, -0.2) is 89.8 Å². The summed E-state index contributed by atoms with van der Waals surface area (Å²) in [7, 11) is -11.0. The largest absolute Gasteiger partial charge is 0.345 e. The molecule has 0 saturated carbocycles. The summed E-state index contributed by atoms with van der Waals surface area (Å²) in [6.07, 6.45) is 9.36. The number of H-pyrrole nitrogens is 3. The molecule has 0 amide bonds. The van der Waals surface area contributed by atoms with Crippen molar-refractivity contribution in [3.05, 3.63) is 178 Å². The number of hydrogen-bond acceptors (Lipinski definition) is 12. The smallest absolute Gasteiger partial charge is 0.232 e. The van der Waals surface area contributed by atoms with Gasteiger partial charge in [-0.1, -0.05) is 50.6 Å². The second-order valence-electron chi connectivity index (χ2n) is 16.9. The highest BCUT2D eigenvalue weighted by Gasteiger charge is 2.25. The van der Waals surface area contributed by atoms with E-state index in [-0.39, 0.29) is 78.7 Å². The number of pyridine rings is 3. The molecule has 0 radical (unpaired) electrons. The van der Waals surface area contributed by atoms with Gasteiger partial charge in [-0.15, -0.1) is 0 Å². The van der Waals surface area contributed by atoms with Crippen molar-refractivity contribution in [2.45, 2.75) is 40.0 Å². The van der Waals surface area contributed by atoms with E-state index < -0.39 is 70.7 Å². The monoisotopic (exact) mass is 1140 g/mol. The van der Waals surface area contributed by atoms with Gasteiger partial charge >= 0.3 is 0 Å². The first kappa shape index (κ1) is 56.7. The number of nitrogens with one attached hydrogen (secondary N) is 6. The van der Waals surface area contributed by atoms with Crippen LogP contribution in [-0.2, 0) is 30.1 Å². The quantitative estimate of drug-likeness (QED) is 0.0346. The molecule has 6 N–H and O–H groups in total. The van der Waals surface area contributed by atoms with Crippen LogP contribution in [0.25, 0.3) is 33.1 Å². The number of carbonyl (C=O) groups is 3. The van der Waals surface area contributed by atoms with Crippen LogP contribution in [0.2, 0.25) is 5.02 Å². The van der Waals surface area contributed by atoms with Crippen LogP contribution in [0.4, 0.5) is 34.6 Å². The molecule has 6 aromatic heterocycles. The van der Waals surface area contributed by atoms with E-state index in [9.17, 15) is 57.2 Å². The maximum Gasteiger partial charge on any atom is 0.232 e. The van der Waals surface area contributed by atoms with Gasteiger partial charge in [0.05, 0.1) is 62.2 Å². The number of sulfonamides is 3. The van der Waals surface area contributed by atoms with Crippen molar-refractivity contribution < 1.29 is 57.2 Å². The van der Waals surface area contributed by atoms with Crippen molar-refractivity contribution in [2.75, 3.05) is 31.4 Å². The van der Waals surface area contributed by atoms with Gasteiger partial charge in [0.25, 0.3) is 0 Å². The third-order valence-corrected chi connectivity index (χ3v) is 15.8. The fraction of sp³-hybridized carbons (Fsp3) is 0.176. The van der Waals surface area contributed by atoms with E-state index in [1.54, 1.807) is 45.2 Å². The van der Waals surface area contributed by atoms with E-state index >= 15 is 0 Å². The highest BCUT2D eigenvalue weighted by Crippen LogP contribution is 2.29. The first-order chi connectivity index (χ1) is 36.6. The third-order valence-electron chi connectivity index (χ3n) is 11.1. The number of nitrogens with zero attached hydrogens (tertiary/aromatic N) is 3. The zero-order chi connectivity index (χ0) is 55.8. The maximum atomic E-state index is 14.8. The van der Waals surface area contributed by atoms with Crippen molar-refractivity contribution in [1.29, 1.82) is 0 Å². The van der Waals surface area contributed by atoms with Gasteiger partial charge in [0, 0.05) is 63.8 Å². The number of carbonyl (C=O) groups excluding carboxylic acids is 3. The predicted octanol–water partition coefficient (Wildman–Crippen LogP) is 10.0. The Morgan fingerprint density at radius 2 is 0.844 bits per heavy atom. The summed E-state index contributed by atoms with van der Waals surface area (Å²) in [4.78, 5) is 58.6. The van der Waals surface area contributed by atoms with Crippen molar-refractivity contribution in [3.8, 4) is 0 Å². The van der Waals surface area contributed by atoms with E-state index in [2.05, 4.69) is 44.1 Å². The number of anilines is 3. The summed E-state index contributed by atoms with van der Waals surface area (Å²) in [6, 6.07) is 17.9. The molecule has 0 saturated heterocycles. The number of aromatic nitrogens is 6. The van der Waals surface area contributed by atoms with Crippen LogP contribution < -0.4 is 14.2 Å². The van der Waals surface area contributed by atoms with Gasteiger partial charge < -0.3 is 15.0 Å². The van der Waals surface area contributed by atoms with Crippen LogP contribution in [0.1, 0.15) is 87.8 Å². The first-order valence-corrected chi connectivity index (χ1v) is 28.6. The Morgan fingerprint density at radius 3 is 1.25 bits per heavy atom. The molecule has 0 bridgehead atoms. The number of rotatable bonds is 18. The molecule has 77 heavy (non-hydrogen) atoms. The van der Waals surface area contributed by atoms with Crippen LogP contribution in [0, 0.1) is 23.3 Å². The van der Waals surface area contributed by atoms with Gasteiger partial charge in [0.1, 0.15) is 22.8 Å². The first-order valence-electron chi connectivity index (χ1n) is 23.3. The summed E-state index contributed by atoms with van der Waals surface area (Å²) in [6.45, 7) is 5.09. The van der Waals surface area contributed by atoms with Crippen LogP contribution in [0.5, 0.6) is 0 Å². The molecule has 18 nitrogen and oxygen atoms in total. The molecule has 0 aliphatic carbocycles. The Labute approximate surface area is 443 Å². The number of halogens is 5. The summed E-state index contributed by atoms with van der Waals surface area (Å²) < 4.78 is 135. The van der Waals surface area contributed by atoms with E-state index in [4.69, 9.17) is 11.6 Å². The Bertz CT molecular complexity index is 3890. The lowest BCUT2D eigenvalue weighted by molar-refractivity contribution is 0.102. The molecule has 0 atom stereocenters. The van der Waals surface area contributed by atoms with E-state index in [1.165, 1.54) is 79.4 Å². The topological polar surface area (TPSA) is 276 Å². The van der Waals surface area contributed by atoms with Crippen LogP contribution in [0.3, 0.4) is 0 Å². The number of aromatic amines is 3. The highest BCUT2D eigenvalue weighted by atomic mass is 35.5. The minimum Gasteiger partial charge on any atom is -0.345 e. The fourth-order valence-corrected chi connectivity index (χ4v) is 11.3. The van der Waals surface area contributed by atoms with E-state index in [0.717, 1.165) is 12.3 Å². The number of fused-ring (bicyclic) bond motifs is 3.